The number of carbonyl (C=O) groups is 1. The first-order valence-electron chi connectivity index (χ1n) is 8.74. The molecule has 0 atom stereocenters. The first-order valence-corrected chi connectivity index (χ1v) is 10.2. The van der Waals surface area contributed by atoms with E-state index in [1.165, 1.54) is 12.1 Å². The number of sulfonamides is 1. The number of urea groups is 1. The summed E-state index contributed by atoms with van der Waals surface area (Å²) in [5.74, 6) is 0. The maximum absolute atomic E-state index is 12.2. The van der Waals surface area contributed by atoms with E-state index < -0.39 is 16.1 Å². The molecule has 0 radical (unpaired) electrons. The second-order valence-electron chi connectivity index (χ2n) is 6.63. The first kappa shape index (κ1) is 19.6. The highest BCUT2D eigenvalue weighted by molar-refractivity contribution is 7.90. The molecule has 2 aromatic carbocycles. The Kier molecular flexibility index (Phi) is 5.51. The SMILES string of the molecule is Cc1ccc(S(=O)(=O)NC(=O)NCCc2ccc3[nH]c(=O)c(C)cc3c2)cc1. The van der Waals surface area contributed by atoms with Crippen molar-refractivity contribution in [2.24, 2.45) is 0 Å². The van der Waals surface area contributed by atoms with Gasteiger partial charge in [0.2, 0.25) is 0 Å². The number of hydrogen-bond acceptors (Lipinski definition) is 4. The summed E-state index contributed by atoms with van der Waals surface area (Å²) in [5.41, 5.74) is 3.14. The second kappa shape index (κ2) is 7.85. The van der Waals surface area contributed by atoms with Crippen LogP contribution in [-0.4, -0.2) is 26.0 Å². The smallest absolute Gasteiger partial charge is 0.328 e. The summed E-state index contributed by atoms with van der Waals surface area (Å²) >= 11 is 0. The molecule has 7 nitrogen and oxygen atoms in total. The van der Waals surface area contributed by atoms with Crippen molar-refractivity contribution in [1.82, 2.24) is 15.0 Å². The number of rotatable bonds is 5. The Morgan fingerprint density at radius 1 is 1.04 bits per heavy atom. The Labute approximate surface area is 162 Å². The van der Waals surface area contributed by atoms with Gasteiger partial charge in [0, 0.05) is 17.6 Å². The van der Waals surface area contributed by atoms with E-state index in [4.69, 9.17) is 0 Å². The molecule has 3 aromatic rings. The van der Waals surface area contributed by atoms with E-state index in [0.717, 1.165) is 22.0 Å². The standard InChI is InChI=1S/C20H21N3O4S/c1-13-3-6-17(7-4-13)28(26,27)23-20(25)21-10-9-15-5-8-18-16(12-15)11-14(2)19(24)22-18/h3-8,11-12H,9-10H2,1-2H3,(H,22,24)(H2,21,23,25). The fraction of sp³-hybridized carbons (Fsp3) is 0.200. The molecule has 0 aliphatic heterocycles. The molecule has 8 heteroatoms. The van der Waals surface area contributed by atoms with Crippen LogP contribution in [0.2, 0.25) is 0 Å². The normalized spacial score (nSPS) is 11.4. The topological polar surface area (TPSA) is 108 Å². The fourth-order valence-electron chi connectivity index (χ4n) is 2.78. The predicted molar refractivity (Wildman–Crippen MR) is 108 cm³/mol. The van der Waals surface area contributed by atoms with Crippen molar-refractivity contribution in [1.29, 1.82) is 0 Å². The van der Waals surface area contributed by atoms with E-state index in [0.29, 0.717) is 12.0 Å². The molecule has 0 aliphatic rings. The largest absolute Gasteiger partial charge is 0.337 e. The predicted octanol–water partition coefficient (Wildman–Crippen LogP) is 2.38. The van der Waals surface area contributed by atoms with Gasteiger partial charge < -0.3 is 10.3 Å². The summed E-state index contributed by atoms with van der Waals surface area (Å²) in [5, 5.41) is 3.45. The molecule has 0 spiro atoms. The number of nitrogens with one attached hydrogen (secondary N) is 3. The van der Waals surface area contributed by atoms with E-state index in [2.05, 4.69) is 10.3 Å². The van der Waals surface area contributed by atoms with Crippen LogP contribution < -0.4 is 15.6 Å². The minimum Gasteiger partial charge on any atom is -0.337 e. The van der Waals surface area contributed by atoms with Gasteiger partial charge in [-0.2, -0.15) is 0 Å². The number of pyridine rings is 1. The fourth-order valence-corrected chi connectivity index (χ4v) is 3.70. The maximum Gasteiger partial charge on any atom is 0.328 e. The summed E-state index contributed by atoms with van der Waals surface area (Å²) in [6, 6.07) is 12.9. The number of aromatic amines is 1. The number of amides is 2. The van der Waals surface area contributed by atoms with E-state index >= 15 is 0 Å². The molecule has 0 bridgehead atoms. The summed E-state index contributed by atoms with van der Waals surface area (Å²) in [7, 11) is -3.90. The zero-order valence-corrected chi connectivity index (χ0v) is 16.4. The number of fused-ring (bicyclic) bond motifs is 1. The molecule has 3 N–H and O–H groups in total. The molecule has 0 saturated heterocycles. The van der Waals surface area contributed by atoms with Crippen LogP contribution in [-0.2, 0) is 16.4 Å². The second-order valence-corrected chi connectivity index (χ2v) is 8.31. The summed E-state index contributed by atoms with van der Waals surface area (Å²) < 4.78 is 26.4. The maximum atomic E-state index is 12.2. The minimum atomic E-state index is -3.90. The van der Waals surface area contributed by atoms with Crippen molar-refractivity contribution in [3.8, 4) is 0 Å². The number of H-pyrrole nitrogens is 1. The van der Waals surface area contributed by atoms with Crippen molar-refractivity contribution in [2.75, 3.05) is 6.54 Å². The zero-order chi connectivity index (χ0) is 20.3. The van der Waals surface area contributed by atoms with E-state index in [1.54, 1.807) is 19.1 Å². The lowest BCUT2D eigenvalue weighted by Crippen LogP contribution is -2.40. The van der Waals surface area contributed by atoms with Crippen LogP contribution in [0, 0.1) is 13.8 Å². The zero-order valence-electron chi connectivity index (χ0n) is 15.6. The van der Waals surface area contributed by atoms with Gasteiger partial charge in [0.15, 0.2) is 0 Å². The lowest BCUT2D eigenvalue weighted by atomic mass is 10.1. The number of benzene rings is 2. The molecular formula is C20H21N3O4S. The highest BCUT2D eigenvalue weighted by Gasteiger charge is 2.16. The third kappa shape index (κ3) is 4.58. The van der Waals surface area contributed by atoms with Gasteiger partial charge in [0.05, 0.1) is 4.90 Å². The van der Waals surface area contributed by atoms with Crippen LogP contribution in [0.3, 0.4) is 0 Å². The molecule has 0 saturated carbocycles. The average Bonchev–Trinajstić information content (AvgIpc) is 2.63. The molecule has 0 fully saturated rings. The van der Waals surface area contributed by atoms with Gasteiger partial charge in [-0.15, -0.1) is 0 Å². The third-order valence-electron chi connectivity index (χ3n) is 4.35. The Hall–Kier alpha value is -3.13. The summed E-state index contributed by atoms with van der Waals surface area (Å²) in [6.45, 7) is 3.86. The molecule has 0 aliphatic carbocycles. The van der Waals surface area contributed by atoms with Gasteiger partial charge in [-0.1, -0.05) is 23.8 Å². The minimum absolute atomic E-state index is 0.0344. The van der Waals surface area contributed by atoms with Gasteiger partial charge >= 0.3 is 6.03 Å². The molecular weight excluding hydrogens is 378 g/mol. The molecule has 1 heterocycles. The summed E-state index contributed by atoms with van der Waals surface area (Å²) in [4.78, 5) is 26.4. The van der Waals surface area contributed by atoms with Crippen molar-refractivity contribution in [3.05, 3.63) is 75.6 Å². The van der Waals surface area contributed by atoms with Crippen molar-refractivity contribution in [3.63, 3.8) is 0 Å². The van der Waals surface area contributed by atoms with Crippen LogP contribution in [0.5, 0.6) is 0 Å². The Balaban J connectivity index is 1.59. The quantitative estimate of drug-likeness (QED) is 0.612. The van der Waals surface area contributed by atoms with Crippen LogP contribution >= 0.6 is 0 Å². The average molecular weight is 399 g/mol. The van der Waals surface area contributed by atoms with Crippen LogP contribution in [0.25, 0.3) is 10.9 Å². The van der Waals surface area contributed by atoms with Crippen LogP contribution in [0.4, 0.5) is 4.79 Å². The molecule has 146 valence electrons. The van der Waals surface area contributed by atoms with Gasteiger partial charge in [0.1, 0.15) is 0 Å². The Morgan fingerprint density at radius 3 is 2.46 bits per heavy atom. The molecule has 28 heavy (non-hydrogen) atoms. The molecule has 2 amide bonds. The van der Waals surface area contributed by atoms with Gasteiger partial charge in [-0.3, -0.25) is 4.79 Å². The van der Waals surface area contributed by atoms with Crippen LogP contribution in [0.1, 0.15) is 16.7 Å². The molecule has 0 unspecified atom stereocenters. The van der Waals surface area contributed by atoms with Gasteiger partial charge in [0.25, 0.3) is 15.6 Å². The van der Waals surface area contributed by atoms with Crippen LogP contribution in [0.15, 0.2) is 58.2 Å². The number of aryl methyl sites for hydroxylation is 2. The summed E-state index contributed by atoms with van der Waals surface area (Å²) in [6.07, 6.45) is 0.520. The third-order valence-corrected chi connectivity index (χ3v) is 5.70. The van der Waals surface area contributed by atoms with Gasteiger partial charge in [-0.05, 0) is 61.5 Å². The lowest BCUT2D eigenvalue weighted by molar-refractivity contribution is 0.246. The van der Waals surface area contributed by atoms with E-state index in [-0.39, 0.29) is 17.0 Å². The number of carbonyl (C=O) groups excluding carboxylic acids is 1. The van der Waals surface area contributed by atoms with Crippen molar-refractivity contribution < 1.29 is 13.2 Å². The Bertz CT molecular complexity index is 1180. The highest BCUT2D eigenvalue weighted by atomic mass is 32.2. The van der Waals surface area contributed by atoms with E-state index in [1.807, 2.05) is 35.9 Å². The molecule has 3 rings (SSSR count). The van der Waals surface area contributed by atoms with Gasteiger partial charge in [-0.25, -0.2) is 17.9 Å². The number of hydrogen-bond donors (Lipinski definition) is 3. The molecule has 1 aromatic heterocycles. The van der Waals surface area contributed by atoms with Crippen molar-refractivity contribution >= 4 is 27.0 Å². The first-order chi connectivity index (χ1) is 13.2. The monoisotopic (exact) mass is 399 g/mol. The lowest BCUT2D eigenvalue weighted by Gasteiger charge is -2.09. The highest BCUT2D eigenvalue weighted by Crippen LogP contribution is 2.14. The van der Waals surface area contributed by atoms with E-state index in [9.17, 15) is 18.0 Å². The Morgan fingerprint density at radius 2 is 1.75 bits per heavy atom. The number of aromatic nitrogens is 1. The van der Waals surface area contributed by atoms with Crippen molar-refractivity contribution in [2.45, 2.75) is 25.2 Å².